The predicted molar refractivity (Wildman–Crippen MR) is 338 cm³/mol. The van der Waals surface area contributed by atoms with Crippen molar-refractivity contribution in [2.45, 2.75) is 392 Å². The molecule has 0 aromatic rings. The number of rotatable bonds is 65. The Labute approximate surface area is 481 Å². The van der Waals surface area contributed by atoms with Gasteiger partial charge in [0, 0.05) is 12.8 Å². The highest BCUT2D eigenvalue weighted by Gasteiger charge is 2.18. The first-order valence-corrected chi connectivity index (χ1v) is 34.8. The van der Waals surface area contributed by atoms with Gasteiger partial charge in [-0.25, -0.2) is 0 Å². The van der Waals surface area contributed by atoms with Gasteiger partial charge in [0.25, 0.3) is 0 Å². The first kappa shape index (κ1) is 75.1. The number of ether oxygens (including phenoxy) is 1. The molecule has 454 valence electrons. The monoisotopic (exact) mass is 1080 g/mol. The van der Waals surface area contributed by atoms with Gasteiger partial charge in [-0.1, -0.05) is 346 Å². The predicted octanol–water partition coefficient (Wildman–Crippen LogP) is 22.3. The number of hydrogen-bond acceptors (Lipinski definition) is 5. The van der Waals surface area contributed by atoms with Gasteiger partial charge in [0.05, 0.1) is 25.4 Å². The lowest BCUT2D eigenvalue weighted by Crippen LogP contribution is -2.45. The summed E-state index contributed by atoms with van der Waals surface area (Å²) in [4.78, 5) is 24.5. The highest BCUT2D eigenvalue weighted by atomic mass is 16.5. The lowest BCUT2D eigenvalue weighted by atomic mass is 10.0. The Kier molecular flexibility index (Phi) is 64.9. The number of carbonyl (C=O) groups excluding carboxylic acids is 2. The second-order valence-corrected chi connectivity index (χ2v) is 23.9. The zero-order chi connectivity index (χ0) is 55.7. The van der Waals surface area contributed by atoms with Crippen LogP contribution in [0.25, 0.3) is 0 Å². The van der Waals surface area contributed by atoms with Gasteiger partial charge in [0.1, 0.15) is 0 Å². The minimum absolute atomic E-state index is 0.00534. The smallest absolute Gasteiger partial charge is 0.305 e. The van der Waals surface area contributed by atoms with E-state index in [0.29, 0.717) is 19.4 Å². The lowest BCUT2D eigenvalue weighted by Gasteiger charge is -2.20. The van der Waals surface area contributed by atoms with Crippen LogP contribution in [0.5, 0.6) is 0 Å². The minimum atomic E-state index is -0.842. The number of allylic oxidation sites excluding steroid dienone is 5. The Morgan fingerprint density at radius 1 is 0.364 bits per heavy atom. The Bertz CT molecular complexity index is 1250. The summed E-state index contributed by atoms with van der Waals surface area (Å²) >= 11 is 0. The molecule has 3 N–H and O–H groups in total. The van der Waals surface area contributed by atoms with Crippen LogP contribution < -0.4 is 5.32 Å². The number of carbonyl (C=O) groups is 2. The number of aliphatic hydroxyl groups is 2. The van der Waals surface area contributed by atoms with E-state index in [-0.39, 0.29) is 18.5 Å². The molecule has 2 unspecified atom stereocenters. The van der Waals surface area contributed by atoms with Crippen LogP contribution in [-0.4, -0.2) is 47.4 Å². The van der Waals surface area contributed by atoms with Crippen LogP contribution in [0.15, 0.2) is 36.5 Å². The molecule has 0 saturated carbocycles. The molecule has 0 rings (SSSR count). The molecule has 1 amide bonds. The van der Waals surface area contributed by atoms with Crippen molar-refractivity contribution in [3.05, 3.63) is 36.5 Å². The van der Waals surface area contributed by atoms with Crippen LogP contribution in [-0.2, 0) is 14.3 Å². The normalized spacial score (nSPS) is 12.7. The molecular weight excluding hydrogens is 947 g/mol. The van der Waals surface area contributed by atoms with Crippen molar-refractivity contribution in [2.75, 3.05) is 13.2 Å². The fourth-order valence-electron chi connectivity index (χ4n) is 10.8. The zero-order valence-electron chi connectivity index (χ0n) is 52.0. The Morgan fingerprint density at radius 2 is 0.662 bits per heavy atom. The average Bonchev–Trinajstić information content (AvgIpc) is 3.43. The summed E-state index contributed by atoms with van der Waals surface area (Å²) in [5.41, 5.74) is 0. The molecule has 6 nitrogen and oxygen atoms in total. The highest BCUT2D eigenvalue weighted by molar-refractivity contribution is 5.76. The summed E-state index contributed by atoms with van der Waals surface area (Å²) < 4.78 is 5.48. The second kappa shape index (κ2) is 66.6. The van der Waals surface area contributed by atoms with Gasteiger partial charge in [-0.3, -0.25) is 9.59 Å². The molecule has 0 bridgehead atoms. The molecule has 0 aliphatic heterocycles. The fourth-order valence-corrected chi connectivity index (χ4v) is 10.8. The molecule has 77 heavy (non-hydrogen) atoms. The maximum absolute atomic E-state index is 12.5. The highest BCUT2D eigenvalue weighted by Crippen LogP contribution is 2.19. The average molecular weight is 1080 g/mol. The second-order valence-electron chi connectivity index (χ2n) is 23.9. The number of amides is 1. The molecule has 0 aliphatic rings. The Hall–Kier alpha value is -1.92. The van der Waals surface area contributed by atoms with Crippen molar-refractivity contribution in [1.29, 1.82) is 0 Å². The van der Waals surface area contributed by atoms with E-state index < -0.39 is 12.1 Å². The van der Waals surface area contributed by atoms with Crippen LogP contribution in [0.3, 0.4) is 0 Å². The van der Waals surface area contributed by atoms with Gasteiger partial charge in [-0.15, -0.1) is 0 Å². The number of aliphatic hydroxyl groups excluding tert-OH is 2. The third-order valence-electron chi connectivity index (χ3n) is 16.2. The van der Waals surface area contributed by atoms with Crippen LogP contribution in [0.4, 0.5) is 0 Å². The van der Waals surface area contributed by atoms with Crippen LogP contribution >= 0.6 is 0 Å². The lowest BCUT2D eigenvalue weighted by molar-refractivity contribution is -0.143. The summed E-state index contributed by atoms with van der Waals surface area (Å²) in [5, 5.41) is 23.2. The maximum atomic E-state index is 12.5. The third kappa shape index (κ3) is 63.1. The summed E-state index contributed by atoms with van der Waals surface area (Å²) in [5.74, 6) is -0.0564. The van der Waals surface area contributed by atoms with Gasteiger partial charge in [-0.05, 0) is 57.8 Å². The van der Waals surface area contributed by atoms with Crippen molar-refractivity contribution in [3.8, 4) is 0 Å². The van der Waals surface area contributed by atoms with Crippen LogP contribution in [0, 0.1) is 0 Å². The summed E-state index contributed by atoms with van der Waals surface area (Å²) in [6, 6.07) is -0.625. The minimum Gasteiger partial charge on any atom is -0.466 e. The SMILES string of the molecule is CCCC/C=C\C/C=C\CCCCCCCC(=O)OCCCCCCCCCCCCCCCCCCCCCCCCCCCCCCCCC(=O)NC(CO)C(O)/C=C/CCCCCCCCCCCCCCCC. The standard InChI is InChI=1S/C71H135NO5/c1-3-5-7-9-11-13-15-17-19-36-39-43-47-51-55-59-63-69(74)68(67-73)72-70(75)64-60-56-52-48-44-40-37-34-32-30-28-26-24-22-20-21-23-25-27-29-31-33-35-38-42-46-50-54-58-62-66-77-71(76)65-61-57-53-49-45-41-18-16-14-12-10-8-6-4-2/h10,12,16,18,59,63,68-69,73-74H,3-9,11,13-15,17,19-58,60-62,64-67H2,1-2H3,(H,72,75)/b12-10-,18-16-,63-59+. The Balaban J connectivity index is 3.35. The number of esters is 1. The van der Waals surface area contributed by atoms with E-state index >= 15 is 0 Å². The first-order chi connectivity index (χ1) is 38.0. The summed E-state index contributed by atoms with van der Waals surface area (Å²) in [6.45, 7) is 4.89. The van der Waals surface area contributed by atoms with E-state index in [1.807, 2.05) is 6.08 Å². The molecule has 0 saturated heterocycles. The molecule has 2 atom stereocenters. The van der Waals surface area contributed by atoms with E-state index in [4.69, 9.17) is 4.74 Å². The number of hydrogen-bond donors (Lipinski definition) is 3. The summed E-state index contributed by atoms with van der Waals surface area (Å²) in [7, 11) is 0. The van der Waals surface area contributed by atoms with Crippen molar-refractivity contribution in [1.82, 2.24) is 5.32 Å². The fraction of sp³-hybridized carbons (Fsp3) is 0.887. The molecule has 0 aromatic heterocycles. The van der Waals surface area contributed by atoms with E-state index in [2.05, 4.69) is 43.5 Å². The van der Waals surface area contributed by atoms with E-state index in [0.717, 1.165) is 51.4 Å². The molecule has 0 aliphatic carbocycles. The topological polar surface area (TPSA) is 95.9 Å². The van der Waals surface area contributed by atoms with E-state index in [1.165, 1.54) is 302 Å². The van der Waals surface area contributed by atoms with Crippen molar-refractivity contribution in [3.63, 3.8) is 0 Å². The van der Waals surface area contributed by atoms with Gasteiger partial charge < -0.3 is 20.3 Å². The first-order valence-electron chi connectivity index (χ1n) is 34.8. The van der Waals surface area contributed by atoms with Crippen molar-refractivity contribution in [2.24, 2.45) is 0 Å². The van der Waals surface area contributed by atoms with Gasteiger partial charge in [0.2, 0.25) is 5.91 Å². The molecular formula is C71H135NO5. The van der Waals surface area contributed by atoms with Crippen LogP contribution in [0.2, 0.25) is 0 Å². The number of unbranched alkanes of at least 4 members (excludes halogenated alkanes) is 50. The Morgan fingerprint density at radius 3 is 1.03 bits per heavy atom. The quantitative estimate of drug-likeness (QED) is 0.0320. The summed E-state index contributed by atoms with van der Waals surface area (Å²) in [6.07, 6.45) is 85.1. The molecule has 0 aromatic carbocycles. The number of nitrogens with one attached hydrogen (secondary N) is 1. The van der Waals surface area contributed by atoms with E-state index in [1.54, 1.807) is 6.08 Å². The maximum Gasteiger partial charge on any atom is 0.305 e. The van der Waals surface area contributed by atoms with E-state index in [9.17, 15) is 19.8 Å². The molecule has 0 radical (unpaired) electrons. The van der Waals surface area contributed by atoms with Crippen LogP contribution in [0.1, 0.15) is 380 Å². The molecule has 6 heteroatoms. The molecule has 0 spiro atoms. The van der Waals surface area contributed by atoms with Crippen molar-refractivity contribution >= 4 is 11.9 Å². The van der Waals surface area contributed by atoms with Gasteiger partial charge in [-0.2, -0.15) is 0 Å². The third-order valence-corrected chi connectivity index (χ3v) is 16.2. The van der Waals surface area contributed by atoms with Gasteiger partial charge in [0.15, 0.2) is 0 Å². The largest absolute Gasteiger partial charge is 0.466 e. The van der Waals surface area contributed by atoms with Gasteiger partial charge >= 0.3 is 5.97 Å². The molecule has 0 heterocycles. The van der Waals surface area contributed by atoms with Crippen molar-refractivity contribution < 1.29 is 24.5 Å². The zero-order valence-corrected chi connectivity index (χ0v) is 52.0. The molecule has 0 fully saturated rings.